The molecule has 0 radical (unpaired) electrons. The lowest BCUT2D eigenvalue weighted by Crippen LogP contribution is -2.23. The van der Waals surface area contributed by atoms with E-state index in [0.717, 1.165) is 22.3 Å². The Hall–Kier alpha value is -6.80. The standard InChI is InChI=1S/C42H32N2O6/c45-39(37(27-13-5-1-6-14-27)28-15-7-2-8-16-28)43-35-25-31(21-23-33(35)41(47)48)32-22-24-34(42(49)50)36(26-32)44-40(46)38(29-17-9-3-10-18-29)30-19-11-4-12-20-30/h1-26,37-38H,(H,43,45)(H,44,46)(H,47,48)(H,49,50). The van der Waals surface area contributed by atoms with Gasteiger partial charge in [0.25, 0.3) is 0 Å². The molecule has 0 aliphatic carbocycles. The van der Waals surface area contributed by atoms with Gasteiger partial charge in [0.15, 0.2) is 0 Å². The maximum absolute atomic E-state index is 13.9. The fourth-order valence-corrected chi connectivity index (χ4v) is 6.01. The zero-order valence-corrected chi connectivity index (χ0v) is 26.7. The molecule has 0 spiro atoms. The first-order valence-electron chi connectivity index (χ1n) is 15.9. The molecule has 0 atom stereocenters. The second-order valence-electron chi connectivity index (χ2n) is 11.6. The molecule has 8 nitrogen and oxygen atoms in total. The van der Waals surface area contributed by atoms with Gasteiger partial charge in [0.2, 0.25) is 11.8 Å². The predicted molar refractivity (Wildman–Crippen MR) is 193 cm³/mol. The summed E-state index contributed by atoms with van der Waals surface area (Å²) in [6, 6.07) is 45.8. The van der Waals surface area contributed by atoms with Gasteiger partial charge in [-0.2, -0.15) is 0 Å². The van der Waals surface area contributed by atoms with Crippen molar-refractivity contribution < 1.29 is 29.4 Å². The molecule has 50 heavy (non-hydrogen) atoms. The number of hydrogen-bond acceptors (Lipinski definition) is 4. The van der Waals surface area contributed by atoms with Crippen molar-refractivity contribution >= 4 is 35.1 Å². The minimum Gasteiger partial charge on any atom is -0.478 e. The summed E-state index contributed by atoms with van der Waals surface area (Å²) < 4.78 is 0. The van der Waals surface area contributed by atoms with Gasteiger partial charge in [0.05, 0.1) is 34.3 Å². The molecule has 0 aliphatic rings. The lowest BCUT2D eigenvalue weighted by atomic mass is 9.90. The maximum atomic E-state index is 13.9. The van der Waals surface area contributed by atoms with Crippen LogP contribution in [0.5, 0.6) is 0 Å². The average Bonchev–Trinajstić information content (AvgIpc) is 3.13. The third kappa shape index (κ3) is 7.35. The number of nitrogens with one attached hydrogen (secondary N) is 2. The number of carboxylic acids is 2. The fraction of sp³-hybridized carbons (Fsp3) is 0.0476. The van der Waals surface area contributed by atoms with E-state index < -0.39 is 35.6 Å². The van der Waals surface area contributed by atoms with Crippen molar-refractivity contribution in [3.63, 3.8) is 0 Å². The van der Waals surface area contributed by atoms with E-state index in [4.69, 9.17) is 0 Å². The summed E-state index contributed by atoms with van der Waals surface area (Å²) >= 11 is 0. The van der Waals surface area contributed by atoms with Crippen molar-refractivity contribution in [1.82, 2.24) is 0 Å². The molecule has 4 N–H and O–H groups in total. The highest BCUT2D eigenvalue weighted by molar-refractivity contribution is 6.06. The van der Waals surface area contributed by atoms with Crippen LogP contribution in [0.1, 0.15) is 54.8 Å². The van der Waals surface area contributed by atoms with Crippen LogP contribution in [-0.2, 0) is 9.59 Å². The number of carbonyl (C=O) groups excluding carboxylic acids is 2. The highest BCUT2D eigenvalue weighted by Crippen LogP contribution is 2.33. The van der Waals surface area contributed by atoms with Gasteiger partial charge in [-0.15, -0.1) is 0 Å². The molecule has 0 heterocycles. The molecule has 246 valence electrons. The Morgan fingerprint density at radius 2 is 0.680 bits per heavy atom. The van der Waals surface area contributed by atoms with Crippen LogP contribution in [0.4, 0.5) is 11.4 Å². The lowest BCUT2D eigenvalue weighted by molar-refractivity contribution is -0.117. The van der Waals surface area contributed by atoms with Gasteiger partial charge in [0.1, 0.15) is 0 Å². The summed E-state index contributed by atoms with van der Waals surface area (Å²) in [5, 5.41) is 25.7. The summed E-state index contributed by atoms with van der Waals surface area (Å²) in [6.45, 7) is 0. The van der Waals surface area contributed by atoms with Crippen LogP contribution < -0.4 is 10.6 Å². The molecule has 8 heteroatoms. The number of carboxylic acid groups (broad SMARTS) is 2. The minimum absolute atomic E-state index is 0.0676. The first-order valence-corrected chi connectivity index (χ1v) is 15.9. The van der Waals surface area contributed by atoms with Gasteiger partial charge < -0.3 is 20.8 Å². The van der Waals surface area contributed by atoms with Crippen LogP contribution in [0.25, 0.3) is 11.1 Å². The third-order valence-corrected chi connectivity index (χ3v) is 8.41. The van der Waals surface area contributed by atoms with Crippen molar-refractivity contribution in [3.05, 3.63) is 191 Å². The Labute approximate surface area is 288 Å². The van der Waals surface area contributed by atoms with Crippen molar-refractivity contribution in [2.45, 2.75) is 11.8 Å². The monoisotopic (exact) mass is 660 g/mol. The highest BCUT2D eigenvalue weighted by Gasteiger charge is 2.26. The summed E-state index contributed by atoms with van der Waals surface area (Å²) in [4.78, 5) is 52.4. The van der Waals surface area contributed by atoms with E-state index in [1.54, 1.807) is 12.1 Å². The van der Waals surface area contributed by atoms with E-state index in [1.807, 2.05) is 121 Å². The summed E-state index contributed by atoms with van der Waals surface area (Å²) in [5.41, 5.74) is 3.83. The predicted octanol–water partition coefficient (Wildman–Crippen LogP) is 8.29. The first kappa shape index (κ1) is 33.1. The van der Waals surface area contributed by atoms with Crippen LogP contribution in [0, 0.1) is 0 Å². The van der Waals surface area contributed by atoms with Gasteiger partial charge in [-0.1, -0.05) is 133 Å². The van der Waals surface area contributed by atoms with E-state index in [2.05, 4.69) is 10.6 Å². The SMILES string of the molecule is O=C(O)c1ccc(-c2ccc(C(=O)O)c(NC(=O)C(c3ccccc3)c3ccccc3)c2)cc1NC(=O)C(c1ccccc1)c1ccccc1. The second kappa shape index (κ2) is 15.0. The van der Waals surface area contributed by atoms with Crippen molar-refractivity contribution in [2.75, 3.05) is 10.6 Å². The minimum atomic E-state index is -1.23. The van der Waals surface area contributed by atoms with Crippen LogP contribution >= 0.6 is 0 Å². The normalized spacial score (nSPS) is 10.8. The molecule has 0 unspecified atom stereocenters. The molecule has 6 aromatic rings. The molecule has 0 fully saturated rings. The number of anilines is 2. The Bertz CT molecular complexity index is 1920. The van der Waals surface area contributed by atoms with Crippen LogP contribution in [0.3, 0.4) is 0 Å². The molecule has 0 aliphatic heterocycles. The zero-order valence-electron chi connectivity index (χ0n) is 26.7. The van der Waals surface area contributed by atoms with Gasteiger partial charge in [-0.05, 0) is 57.6 Å². The zero-order chi connectivity index (χ0) is 35.0. The number of amides is 2. The summed E-state index contributed by atoms with van der Waals surface area (Å²) in [5.74, 6) is -4.76. The summed E-state index contributed by atoms with van der Waals surface area (Å²) in [6.07, 6.45) is 0. The highest BCUT2D eigenvalue weighted by atomic mass is 16.4. The Balaban J connectivity index is 1.36. The number of rotatable bonds is 11. The smallest absolute Gasteiger partial charge is 0.337 e. The van der Waals surface area contributed by atoms with Gasteiger partial charge in [-0.25, -0.2) is 9.59 Å². The van der Waals surface area contributed by atoms with E-state index >= 15 is 0 Å². The van der Waals surface area contributed by atoms with Crippen molar-refractivity contribution in [2.24, 2.45) is 0 Å². The molecular formula is C42H32N2O6. The number of hydrogen-bond donors (Lipinski definition) is 4. The Morgan fingerprint density at radius 1 is 0.400 bits per heavy atom. The maximum Gasteiger partial charge on any atom is 0.337 e. The van der Waals surface area contributed by atoms with Crippen molar-refractivity contribution in [3.8, 4) is 11.1 Å². The molecule has 6 rings (SSSR count). The van der Waals surface area contributed by atoms with E-state index in [1.165, 1.54) is 24.3 Å². The van der Waals surface area contributed by atoms with Crippen LogP contribution in [0.2, 0.25) is 0 Å². The largest absolute Gasteiger partial charge is 0.478 e. The second-order valence-corrected chi connectivity index (χ2v) is 11.6. The number of benzene rings is 6. The van der Waals surface area contributed by atoms with Crippen LogP contribution in [0.15, 0.2) is 158 Å². The van der Waals surface area contributed by atoms with Crippen molar-refractivity contribution in [1.29, 1.82) is 0 Å². The third-order valence-electron chi connectivity index (χ3n) is 8.41. The average molecular weight is 661 g/mol. The van der Waals surface area contributed by atoms with E-state index in [-0.39, 0.29) is 22.5 Å². The first-order chi connectivity index (χ1) is 24.3. The molecule has 6 aromatic carbocycles. The summed E-state index contributed by atoms with van der Waals surface area (Å²) in [7, 11) is 0. The number of carbonyl (C=O) groups is 4. The number of aromatic carboxylic acids is 2. The van der Waals surface area contributed by atoms with Gasteiger partial charge >= 0.3 is 11.9 Å². The topological polar surface area (TPSA) is 133 Å². The van der Waals surface area contributed by atoms with Gasteiger partial charge in [-0.3, -0.25) is 9.59 Å². The Kier molecular flexibility index (Phi) is 9.91. The molecular weight excluding hydrogens is 628 g/mol. The Morgan fingerprint density at radius 3 is 0.940 bits per heavy atom. The molecule has 0 aromatic heterocycles. The van der Waals surface area contributed by atoms with E-state index in [9.17, 15) is 29.4 Å². The molecule has 2 amide bonds. The van der Waals surface area contributed by atoms with Crippen LogP contribution in [-0.4, -0.2) is 34.0 Å². The molecule has 0 saturated carbocycles. The lowest BCUT2D eigenvalue weighted by Gasteiger charge is -2.20. The van der Waals surface area contributed by atoms with E-state index in [0.29, 0.717) is 11.1 Å². The quantitative estimate of drug-likeness (QED) is 0.111. The van der Waals surface area contributed by atoms with Gasteiger partial charge in [0, 0.05) is 0 Å². The molecule has 0 saturated heterocycles. The fourth-order valence-electron chi connectivity index (χ4n) is 6.01. The molecule has 0 bridgehead atoms.